The number of alkyl halides is 1. The molecule has 0 aliphatic carbocycles. The third-order valence-corrected chi connectivity index (χ3v) is 5.24. The van der Waals surface area contributed by atoms with Crippen molar-refractivity contribution in [2.45, 2.75) is 48.6 Å². The van der Waals surface area contributed by atoms with Gasteiger partial charge < -0.3 is 5.32 Å². The van der Waals surface area contributed by atoms with Crippen molar-refractivity contribution in [1.29, 1.82) is 0 Å². The van der Waals surface area contributed by atoms with E-state index in [0.29, 0.717) is 11.4 Å². The number of benzene rings is 1. The van der Waals surface area contributed by atoms with Crippen LogP contribution in [-0.2, 0) is 11.2 Å². The van der Waals surface area contributed by atoms with Gasteiger partial charge in [0.25, 0.3) is 0 Å². The lowest BCUT2D eigenvalue weighted by Crippen LogP contribution is -2.37. The van der Waals surface area contributed by atoms with Crippen LogP contribution in [0.2, 0.25) is 0 Å². The van der Waals surface area contributed by atoms with Crippen molar-refractivity contribution in [3.63, 3.8) is 0 Å². The van der Waals surface area contributed by atoms with Gasteiger partial charge in [-0.25, -0.2) is 0 Å². The van der Waals surface area contributed by atoms with Gasteiger partial charge in [0.15, 0.2) is 0 Å². The molecule has 0 radical (unpaired) electrons. The average molecular weight is 356 g/mol. The molecule has 1 aliphatic rings. The normalized spacial score (nSPS) is 19.5. The third-order valence-electron chi connectivity index (χ3n) is 3.27. The fourth-order valence-corrected chi connectivity index (χ4v) is 4.74. The maximum Gasteiger partial charge on any atom is 0.233 e. The van der Waals surface area contributed by atoms with Crippen LogP contribution in [0, 0.1) is 5.41 Å². The second-order valence-corrected chi connectivity index (χ2v) is 9.07. The first-order valence-corrected chi connectivity index (χ1v) is 8.81. The van der Waals surface area contributed by atoms with Crippen molar-refractivity contribution < 1.29 is 4.79 Å². The van der Waals surface area contributed by atoms with Gasteiger partial charge in [0, 0.05) is 16.3 Å². The number of amides is 1. The Bertz CT molecular complexity index is 459. The van der Waals surface area contributed by atoms with Crippen LogP contribution in [-0.4, -0.2) is 22.5 Å². The molecule has 0 saturated heterocycles. The van der Waals surface area contributed by atoms with Crippen molar-refractivity contribution in [1.82, 2.24) is 5.32 Å². The predicted molar refractivity (Wildman–Crippen MR) is 89.6 cm³/mol. The summed E-state index contributed by atoms with van der Waals surface area (Å²) in [6, 6.07) is 8.28. The molecule has 20 heavy (non-hydrogen) atoms. The maximum atomic E-state index is 12.2. The zero-order valence-electron chi connectivity index (χ0n) is 12.3. The molecule has 2 rings (SSSR count). The Morgan fingerprint density at radius 3 is 2.80 bits per heavy atom. The van der Waals surface area contributed by atoms with Gasteiger partial charge in [-0.3, -0.25) is 4.79 Å². The van der Waals surface area contributed by atoms with E-state index in [9.17, 15) is 4.79 Å². The second kappa shape index (κ2) is 6.52. The van der Waals surface area contributed by atoms with E-state index in [4.69, 9.17) is 0 Å². The standard InChI is InChI=1S/C16H22BrNOS/c1-16(2,3)9-12(17)10-18-15(19)14-8-11-6-4-5-7-13(11)20-14/h4-7,12,14H,8-10H2,1-3H3,(H,18,19). The van der Waals surface area contributed by atoms with Gasteiger partial charge in [0.1, 0.15) is 0 Å². The number of rotatable bonds is 4. The van der Waals surface area contributed by atoms with Crippen LogP contribution in [0.25, 0.3) is 0 Å². The van der Waals surface area contributed by atoms with E-state index in [1.165, 1.54) is 10.5 Å². The van der Waals surface area contributed by atoms with Crippen LogP contribution in [0.4, 0.5) is 0 Å². The summed E-state index contributed by atoms with van der Waals surface area (Å²) in [7, 11) is 0. The molecule has 110 valence electrons. The Hall–Kier alpha value is -0.480. The van der Waals surface area contributed by atoms with Crippen LogP contribution >= 0.6 is 27.7 Å². The zero-order chi connectivity index (χ0) is 14.8. The highest BCUT2D eigenvalue weighted by atomic mass is 79.9. The van der Waals surface area contributed by atoms with Crippen LogP contribution in [0.1, 0.15) is 32.8 Å². The van der Waals surface area contributed by atoms with Gasteiger partial charge >= 0.3 is 0 Å². The average Bonchev–Trinajstić information content (AvgIpc) is 2.77. The van der Waals surface area contributed by atoms with E-state index in [0.717, 1.165) is 12.8 Å². The molecule has 1 aliphatic heterocycles. The molecule has 1 N–H and O–H groups in total. The molecule has 0 bridgehead atoms. The number of fused-ring (bicyclic) bond motifs is 1. The first-order valence-electron chi connectivity index (χ1n) is 7.01. The zero-order valence-corrected chi connectivity index (χ0v) is 14.7. The molecule has 2 unspecified atom stereocenters. The highest BCUT2D eigenvalue weighted by Crippen LogP contribution is 2.36. The SMILES string of the molecule is CC(C)(C)CC(Br)CNC(=O)C1Cc2ccccc2S1. The Morgan fingerprint density at radius 1 is 1.45 bits per heavy atom. The summed E-state index contributed by atoms with van der Waals surface area (Å²) in [5.74, 6) is 0.157. The Labute approximate surface area is 134 Å². The molecule has 1 aromatic rings. The van der Waals surface area contributed by atoms with E-state index < -0.39 is 0 Å². The van der Waals surface area contributed by atoms with Crippen LogP contribution in [0.5, 0.6) is 0 Å². The Kier molecular flexibility index (Phi) is 5.19. The fourth-order valence-electron chi connectivity index (χ4n) is 2.39. The first-order chi connectivity index (χ1) is 9.35. The van der Waals surface area contributed by atoms with Crippen molar-refractivity contribution >= 4 is 33.6 Å². The van der Waals surface area contributed by atoms with E-state index in [-0.39, 0.29) is 16.6 Å². The summed E-state index contributed by atoms with van der Waals surface area (Å²) < 4.78 is 0. The predicted octanol–water partition coefficient (Wildman–Crippen LogP) is 4.02. The summed E-state index contributed by atoms with van der Waals surface area (Å²) in [5, 5.41) is 3.10. The lowest BCUT2D eigenvalue weighted by atomic mass is 9.90. The molecule has 1 amide bonds. The number of halogens is 1. The number of hydrogen-bond acceptors (Lipinski definition) is 2. The Morgan fingerprint density at radius 2 is 2.15 bits per heavy atom. The van der Waals surface area contributed by atoms with Crippen LogP contribution in [0.15, 0.2) is 29.2 Å². The minimum absolute atomic E-state index is 0.0294. The van der Waals surface area contributed by atoms with Crippen molar-refractivity contribution in [3.05, 3.63) is 29.8 Å². The number of carbonyl (C=O) groups is 1. The van der Waals surface area contributed by atoms with Crippen molar-refractivity contribution in [3.8, 4) is 0 Å². The number of carbonyl (C=O) groups excluding carboxylic acids is 1. The molecular formula is C16H22BrNOS. The molecule has 4 heteroatoms. The van der Waals surface area contributed by atoms with E-state index in [1.807, 2.05) is 12.1 Å². The summed E-state index contributed by atoms with van der Waals surface area (Å²) in [4.78, 5) is 13.8. The molecule has 0 fully saturated rings. The minimum Gasteiger partial charge on any atom is -0.354 e. The summed E-state index contributed by atoms with van der Waals surface area (Å²) in [5.41, 5.74) is 1.57. The van der Waals surface area contributed by atoms with Gasteiger partial charge in [-0.1, -0.05) is 54.9 Å². The first kappa shape index (κ1) is 15.9. The molecule has 2 atom stereocenters. The second-order valence-electron chi connectivity index (χ2n) is 6.53. The topological polar surface area (TPSA) is 29.1 Å². The lowest BCUT2D eigenvalue weighted by molar-refractivity contribution is -0.120. The number of hydrogen-bond donors (Lipinski definition) is 1. The van der Waals surface area contributed by atoms with Gasteiger partial charge in [-0.05, 0) is 29.9 Å². The molecule has 0 spiro atoms. The van der Waals surface area contributed by atoms with Gasteiger partial charge in [0.2, 0.25) is 5.91 Å². The lowest BCUT2D eigenvalue weighted by Gasteiger charge is -2.22. The molecule has 0 aromatic heterocycles. The highest BCUT2D eigenvalue weighted by Gasteiger charge is 2.28. The highest BCUT2D eigenvalue weighted by molar-refractivity contribution is 9.09. The smallest absolute Gasteiger partial charge is 0.233 e. The molecule has 1 aromatic carbocycles. The van der Waals surface area contributed by atoms with Gasteiger partial charge in [0.05, 0.1) is 5.25 Å². The Balaban J connectivity index is 1.80. The summed E-state index contributed by atoms with van der Waals surface area (Å²) >= 11 is 5.34. The molecule has 1 heterocycles. The number of nitrogens with one attached hydrogen (secondary N) is 1. The van der Waals surface area contributed by atoms with Crippen molar-refractivity contribution in [2.24, 2.45) is 5.41 Å². The van der Waals surface area contributed by atoms with E-state index >= 15 is 0 Å². The monoisotopic (exact) mass is 355 g/mol. The summed E-state index contributed by atoms with van der Waals surface area (Å²) in [6.45, 7) is 7.34. The minimum atomic E-state index is 0.0294. The largest absolute Gasteiger partial charge is 0.354 e. The third kappa shape index (κ3) is 4.52. The summed E-state index contributed by atoms with van der Waals surface area (Å²) in [6.07, 6.45) is 1.89. The molecule has 2 nitrogen and oxygen atoms in total. The number of thioether (sulfide) groups is 1. The van der Waals surface area contributed by atoms with Crippen molar-refractivity contribution in [2.75, 3.05) is 6.54 Å². The van der Waals surface area contributed by atoms with Gasteiger partial charge in [-0.2, -0.15) is 0 Å². The van der Waals surface area contributed by atoms with Crippen LogP contribution < -0.4 is 5.32 Å². The van der Waals surface area contributed by atoms with E-state index in [1.54, 1.807) is 11.8 Å². The molecule has 0 saturated carbocycles. The molecular weight excluding hydrogens is 334 g/mol. The fraction of sp³-hybridized carbons (Fsp3) is 0.562. The van der Waals surface area contributed by atoms with Gasteiger partial charge in [-0.15, -0.1) is 11.8 Å². The van der Waals surface area contributed by atoms with Crippen LogP contribution in [0.3, 0.4) is 0 Å². The quantitative estimate of drug-likeness (QED) is 0.826. The maximum absolute atomic E-state index is 12.2. The van der Waals surface area contributed by atoms with E-state index in [2.05, 4.69) is 54.2 Å².